The maximum Gasteiger partial charge on any atom is 0.0709 e. The van der Waals surface area contributed by atoms with Crippen LogP contribution in [0.5, 0.6) is 0 Å². The lowest BCUT2D eigenvalue weighted by Gasteiger charge is -2.08. The molecule has 0 aliphatic rings. The molecule has 16 heavy (non-hydrogen) atoms. The van der Waals surface area contributed by atoms with Crippen LogP contribution in [-0.4, -0.2) is 10.1 Å². The lowest BCUT2D eigenvalue weighted by Crippen LogP contribution is -1.94. The Labute approximate surface area is 95.6 Å². The topological polar surface area (TPSA) is 33.1 Å². The molecule has 1 heterocycles. The number of pyridine rings is 1. The predicted octanol–water partition coefficient (Wildman–Crippen LogP) is 2.66. The van der Waals surface area contributed by atoms with E-state index < -0.39 is 0 Å². The summed E-state index contributed by atoms with van der Waals surface area (Å²) in [6.45, 7) is 4.05. The Bertz CT molecular complexity index is 506. The first-order chi connectivity index (χ1) is 7.72. The van der Waals surface area contributed by atoms with Gasteiger partial charge in [-0.25, -0.2) is 0 Å². The highest BCUT2D eigenvalue weighted by Gasteiger charge is 2.05. The average Bonchev–Trinajstić information content (AvgIpc) is 2.32. The third-order valence-corrected chi connectivity index (χ3v) is 2.75. The maximum absolute atomic E-state index is 9.26. The van der Waals surface area contributed by atoms with Crippen LogP contribution in [0.4, 0.5) is 0 Å². The minimum absolute atomic E-state index is 0.0152. The molecule has 2 heteroatoms. The van der Waals surface area contributed by atoms with Gasteiger partial charge in [0.2, 0.25) is 0 Å². The Morgan fingerprint density at radius 3 is 2.75 bits per heavy atom. The molecule has 1 aromatic heterocycles. The van der Waals surface area contributed by atoms with Gasteiger partial charge in [0.25, 0.3) is 0 Å². The minimum Gasteiger partial charge on any atom is -0.392 e. The highest BCUT2D eigenvalue weighted by molar-refractivity contribution is 5.63. The lowest BCUT2D eigenvalue weighted by molar-refractivity contribution is 0.282. The number of aliphatic hydroxyl groups is 1. The van der Waals surface area contributed by atoms with Crippen molar-refractivity contribution >= 4 is 0 Å². The molecule has 2 nitrogen and oxygen atoms in total. The first kappa shape index (κ1) is 10.8. The highest BCUT2D eigenvalue weighted by atomic mass is 16.3. The van der Waals surface area contributed by atoms with Gasteiger partial charge in [-0.3, -0.25) is 4.98 Å². The third kappa shape index (κ3) is 1.97. The van der Waals surface area contributed by atoms with Gasteiger partial charge in [0.1, 0.15) is 0 Å². The third-order valence-electron chi connectivity index (χ3n) is 2.75. The van der Waals surface area contributed by atoms with Crippen LogP contribution in [0.25, 0.3) is 11.3 Å². The summed E-state index contributed by atoms with van der Waals surface area (Å²) in [4.78, 5) is 4.53. The van der Waals surface area contributed by atoms with Gasteiger partial charge >= 0.3 is 0 Å². The second-order valence-corrected chi connectivity index (χ2v) is 3.84. The van der Waals surface area contributed by atoms with Crippen LogP contribution >= 0.6 is 0 Å². The smallest absolute Gasteiger partial charge is 0.0709 e. The molecule has 0 bridgehead atoms. The van der Waals surface area contributed by atoms with Crippen LogP contribution in [0.15, 0.2) is 30.3 Å². The summed E-state index contributed by atoms with van der Waals surface area (Å²) in [5, 5.41) is 9.26. The Kier molecular flexibility index (Phi) is 3.02. The number of benzene rings is 1. The van der Waals surface area contributed by atoms with Gasteiger partial charge in [0.05, 0.1) is 12.3 Å². The molecular weight excluding hydrogens is 198 g/mol. The summed E-state index contributed by atoms with van der Waals surface area (Å²) in [6, 6.07) is 12.6. The van der Waals surface area contributed by atoms with E-state index >= 15 is 0 Å². The number of hydrogen-bond acceptors (Lipinski definition) is 2. The molecule has 0 saturated carbocycles. The van der Waals surface area contributed by atoms with Crippen molar-refractivity contribution in [1.29, 1.82) is 0 Å². The molecule has 0 fully saturated rings. The zero-order chi connectivity index (χ0) is 11.5. The second-order valence-electron chi connectivity index (χ2n) is 3.84. The zero-order valence-electron chi connectivity index (χ0n) is 9.49. The van der Waals surface area contributed by atoms with Gasteiger partial charge in [-0.1, -0.05) is 18.2 Å². The normalized spacial score (nSPS) is 10.4. The van der Waals surface area contributed by atoms with Crippen molar-refractivity contribution in [3.8, 4) is 11.3 Å². The molecular formula is C14H14NO. The summed E-state index contributed by atoms with van der Waals surface area (Å²) < 4.78 is 0. The first-order valence-electron chi connectivity index (χ1n) is 5.27. The van der Waals surface area contributed by atoms with Gasteiger partial charge in [-0.2, -0.15) is 0 Å². The van der Waals surface area contributed by atoms with Crippen molar-refractivity contribution in [1.82, 2.24) is 4.98 Å². The van der Waals surface area contributed by atoms with Crippen LogP contribution in [0, 0.1) is 19.9 Å². The van der Waals surface area contributed by atoms with E-state index in [1.54, 1.807) is 6.07 Å². The van der Waals surface area contributed by atoms with Crippen LogP contribution in [0.3, 0.4) is 0 Å². The van der Waals surface area contributed by atoms with Gasteiger partial charge < -0.3 is 5.11 Å². The fourth-order valence-electron chi connectivity index (χ4n) is 1.63. The van der Waals surface area contributed by atoms with Crippen LogP contribution < -0.4 is 0 Å². The van der Waals surface area contributed by atoms with Gasteiger partial charge in [0, 0.05) is 11.3 Å². The Morgan fingerprint density at radius 2 is 2.06 bits per heavy atom. The van der Waals surface area contributed by atoms with E-state index in [2.05, 4.69) is 17.1 Å². The zero-order valence-corrected chi connectivity index (χ0v) is 9.49. The molecule has 1 radical (unpaired) electrons. The molecule has 2 aromatic rings. The minimum atomic E-state index is 0.0152. The van der Waals surface area contributed by atoms with Crippen LogP contribution in [-0.2, 0) is 6.61 Å². The number of aliphatic hydroxyl groups excluding tert-OH is 1. The molecule has 0 saturated heterocycles. The van der Waals surface area contributed by atoms with E-state index in [1.807, 2.05) is 32.0 Å². The fourth-order valence-corrected chi connectivity index (χ4v) is 1.63. The number of aromatic nitrogens is 1. The fraction of sp³-hybridized carbons (Fsp3) is 0.214. The Balaban J connectivity index is 2.54. The van der Waals surface area contributed by atoms with E-state index in [-0.39, 0.29) is 6.61 Å². The number of aryl methyl sites for hydroxylation is 2. The molecule has 0 atom stereocenters. The van der Waals surface area contributed by atoms with Crippen molar-refractivity contribution in [2.75, 3.05) is 0 Å². The van der Waals surface area contributed by atoms with Crippen molar-refractivity contribution in [3.05, 3.63) is 53.2 Å². The van der Waals surface area contributed by atoms with E-state index in [0.717, 1.165) is 22.5 Å². The lowest BCUT2D eigenvalue weighted by atomic mass is 10.0. The van der Waals surface area contributed by atoms with E-state index in [9.17, 15) is 5.11 Å². The summed E-state index contributed by atoms with van der Waals surface area (Å²) in [5.74, 6) is 0. The standard InChI is InChI=1S/C14H14NO/c1-10-7-8-14(15-11(10)2)13-6-4-3-5-12(13)9-16/h4-8,16H,9H2,1-2H3. The van der Waals surface area contributed by atoms with E-state index in [4.69, 9.17) is 0 Å². The quantitative estimate of drug-likeness (QED) is 0.830. The predicted molar refractivity (Wildman–Crippen MR) is 63.9 cm³/mol. The summed E-state index contributed by atoms with van der Waals surface area (Å²) in [6.07, 6.45) is 0. The van der Waals surface area contributed by atoms with Crippen molar-refractivity contribution in [2.45, 2.75) is 20.5 Å². The van der Waals surface area contributed by atoms with Crippen LogP contribution in [0.1, 0.15) is 16.8 Å². The first-order valence-corrected chi connectivity index (χ1v) is 5.27. The number of nitrogens with zero attached hydrogens (tertiary/aromatic N) is 1. The monoisotopic (exact) mass is 212 g/mol. The second kappa shape index (κ2) is 4.45. The van der Waals surface area contributed by atoms with Crippen LogP contribution in [0.2, 0.25) is 0 Å². The van der Waals surface area contributed by atoms with E-state index in [0.29, 0.717) is 0 Å². The summed E-state index contributed by atoms with van der Waals surface area (Å²) in [5.41, 5.74) is 4.94. The van der Waals surface area contributed by atoms with Gasteiger partial charge in [0.15, 0.2) is 0 Å². The van der Waals surface area contributed by atoms with Gasteiger partial charge in [-0.05, 0) is 43.2 Å². The molecule has 1 aromatic carbocycles. The van der Waals surface area contributed by atoms with Crippen molar-refractivity contribution in [3.63, 3.8) is 0 Å². The Morgan fingerprint density at radius 1 is 1.25 bits per heavy atom. The number of hydrogen-bond donors (Lipinski definition) is 1. The van der Waals surface area contributed by atoms with E-state index in [1.165, 1.54) is 5.56 Å². The molecule has 0 aliphatic heterocycles. The number of rotatable bonds is 2. The largest absolute Gasteiger partial charge is 0.392 e. The molecule has 0 spiro atoms. The molecule has 2 rings (SSSR count). The maximum atomic E-state index is 9.26. The highest BCUT2D eigenvalue weighted by Crippen LogP contribution is 2.22. The average molecular weight is 212 g/mol. The molecule has 0 unspecified atom stereocenters. The van der Waals surface area contributed by atoms with Crippen molar-refractivity contribution < 1.29 is 5.11 Å². The summed E-state index contributed by atoms with van der Waals surface area (Å²) in [7, 11) is 0. The Hall–Kier alpha value is -1.67. The molecule has 1 N–H and O–H groups in total. The van der Waals surface area contributed by atoms with Crippen molar-refractivity contribution in [2.24, 2.45) is 0 Å². The SMILES string of the molecule is Cc1ccc(-c2cc[c]cc2CO)nc1C. The molecule has 0 aliphatic carbocycles. The summed E-state index contributed by atoms with van der Waals surface area (Å²) >= 11 is 0. The molecule has 0 amide bonds. The molecule has 81 valence electrons. The van der Waals surface area contributed by atoms with Gasteiger partial charge in [-0.15, -0.1) is 0 Å².